The van der Waals surface area contributed by atoms with Crippen LogP contribution in [0.4, 0.5) is 0 Å². The Balaban J connectivity index is 2.95. The van der Waals surface area contributed by atoms with Crippen LogP contribution in [0.3, 0.4) is 0 Å². The molecule has 0 N–H and O–H groups in total. The summed E-state index contributed by atoms with van der Waals surface area (Å²) in [4.78, 5) is 0. The summed E-state index contributed by atoms with van der Waals surface area (Å²) in [5, 5.41) is 0. The molecule has 0 unspecified atom stereocenters. The van der Waals surface area contributed by atoms with Crippen molar-refractivity contribution in [1.82, 2.24) is 0 Å². The molecule has 0 radical (unpaired) electrons. The van der Waals surface area contributed by atoms with Gasteiger partial charge in [0, 0.05) is 5.56 Å². The SMILES string of the molecule is Cc1ccccc1C#CCCl. The van der Waals surface area contributed by atoms with Gasteiger partial charge in [-0.1, -0.05) is 30.0 Å². The van der Waals surface area contributed by atoms with Gasteiger partial charge in [0.05, 0.1) is 5.88 Å². The average Bonchev–Trinajstić information content (AvgIpc) is 2.03. The van der Waals surface area contributed by atoms with Gasteiger partial charge < -0.3 is 0 Å². The van der Waals surface area contributed by atoms with Crippen molar-refractivity contribution < 1.29 is 0 Å². The first-order valence-electron chi connectivity index (χ1n) is 3.45. The van der Waals surface area contributed by atoms with Crippen LogP contribution in [-0.2, 0) is 0 Å². The number of benzene rings is 1. The summed E-state index contributed by atoms with van der Waals surface area (Å²) >= 11 is 5.43. The van der Waals surface area contributed by atoms with E-state index in [-0.39, 0.29) is 0 Å². The molecule has 0 fully saturated rings. The van der Waals surface area contributed by atoms with Gasteiger partial charge in [0.1, 0.15) is 0 Å². The Labute approximate surface area is 72.2 Å². The van der Waals surface area contributed by atoms with E-state index < -0.39 is 0 Å². The molecule has 56 valence electrons. The molecule has 0 aliphatic rings. The Morgan fingerprint density at radius 2 is 2.09 bits per heavy atom. The van der Waals surface area contributed by atoms with E-state index >= 15 is 0 Å². The fraction of sp³-hybridized carbons (Fsp3) is 0.200. The molecule has 0 amide bonds. The molecular weight excluding hydrogens is 156 g/mol. The molecule has 11 heavy (non-hydrogen) atoms. The molecule has 1 rings (SSSR count). The van der Waals surface area contributed by atoms with Crippen LogP contribution in [0.1, 0.15) is 11.1 Å². The molecule has 0 saturated heterocycles. The van der Waals surface area contributed by atoms with E-state index in [1.165, 1.54) is 5.56 Å². The highest BCUT2D eigenvalue weighted by Crippen LogP contribution is 2.03. The molecule has 1 aromatic carbocycles. The van der Waals surface area contributed by atoms with Crippen molar-refractivity contribution in [2.75, 3.05) is 5.88 Å². The number of halogens is 1. The fourth-order valence-corrected chi connectivity index (χ4v) is 0.909. The number of hydrogen-bond acceptors (Lipinski definition) is 0. The van der Waals surface area contributed by atoms with E-state index in [0.29, 0.717) is 5.88 Å². The summed E-state index contributed by atoms with van der Waals surface area (Å²) in [6.45, 7) is 2.04. The standard InChI is InChI=1S/C10H9Cl/c1-9-5-2-3-6-10(9)7-4-8-11/h2-3,5-6H,8H2,1H3. The van der Waals surface area contributed by atoms with Crippen LogP contribution in [0.15, 0.2) is 24.3 Å². The summed E-state index contributed by atoms with van der Waals surface area (Å²) in [7, 11) is 0. The minimum absolute atomic E-state index is 0.397. The molecule has 0 aliphatic heterocycles. The Morgan fingerprint density at radius 3 is 2.73 bits per heavy atom. The zero-order valence-electron chi connectivity index (χ0n) is 6.39. The summed E-state index contributed by atoms with van der Waals surface area (Å²) in [5.74, 6) is 6.20. The highest BCUT2D eigenvalue weighted by atomic mass is 35.5. The van der Waals surface area contributed by atoms with Gasteiger partial charge >= 0.3 is 0 Å². The van der Waals surface area contributed by atoms with Crippen LogP contribution in [0.25, 0.3) is 0 Å². The van der Waals surface area contributed by atoms with Gasteiger partial charge in [-0.25, -0.2) is 0 Å². The zero-order chi connectivity index (χ0) is 8.10. The topological polar surface area (TPSA) is 0 Å². The smallest absolute Gasteiger partial charge is 0.0839 e. The lowest BCUT2D eigenvalue weighted by Crippen LogP contribution is -1.79. The average molecular weight is 165 g/mol. The third kappa shape index (κ3) is 2.29. The minimum atomic E-state index is 0.397. The molecule has 1 heteroatoms. The van der Waals surface area contributed by atoms with Gasteiger partial charge in [-0.15, -0.1) is 11.6 Å². The lowest BCUT2D eigenvalue weighted by molar-refractivity contribution is 1.44. The second-order valence-electron chi connectivity index (χ2n) is 2.25. The molecular formula is C10H9Cl. The van der Waals surface area contributed by atoms with Crippen molar-refractivity contribution >= 4 is 11.6 Å². The minimum Gasteiger partial charge on any atom is -0.113 e. The van der Waals surface area contributed by atoms with Crippen molar-refractivity contribution in [3.05, 3.63) is 35.4 Å². The Kier molecular flexibility index (Phi) is 3.01. The first kappa shape index (κ1) is 8.17. The lowest BCUT2D eigenvalue weighted by atomic mass is 10.1. The summed E-state index contributed by atoms with van der Waals surface area (Å²) in [6, 6.07) is 8.01. The van der Waals surface area contributed by atoms with E-state index in [0.717, 1.165) is 5.56 Å². The van der Waals surface area contributed by atoms with E-state index in [9.17, 15) is 0 Å². The Morgan fingerprint density at radius 1 is 1.36 bits per heavy atom. The molecule has 0 heterocycles. The summed E-state index contributed by atoms with van der Waals surface area (Å²) in [5.41, 5.74) is 2.26. The highest BCUT2D eigenvalue weighted by molar-refractivity contribution is 6.19. The second-order valence-corrected chi connectivity index (χ2v) is 2.52. The highest BCUT2D eigenvalue weighted by Gasteiger charge is 1.88. The first-order valence-corrected chi connectivity index (χ1v) is 3.98. The molecule has 0 aromatic heterocycles. The molecule has 1 aromatic rings. The maximum Gasteiger partial charge on any atom is 0.0839 e. The monoisotopic (exact) mass is 164 g/mol. The number of aryl methyl sites for hydroxylation is 1. The van der Waals surface area contributed by atoms with Crippen LogP contribution in [0.5, 0.6) is 0 Å². The summed E-state index contributed by atoms with van der Waals surface area (Å²) in [6.07, 6.45) is 0. The molecule has 0 nitrogen and oxygen atoms in total. The fourth-order valence-electron chi connectivity index (χ4n) is 0.842. The lowest BCUT2D eigenvalue weighted by Gasteiger charge is -1.93. The van der Waals surface area contributed by atoms with Crippen LogP contribution in [-0.4, -0.2) is 5.88 Å². The maximum absolute atomic E-state index is 5.43. The van der Waals surface area contributed by atoms with E-state index in [1.807, 2.05) is 31.2 Å². The predicted octanol–water partition coefficient (Wildman–Crippen LogP) is 2.59. The van der Waals surface area contributed by atoms with Gasteiger partial charge in [-0.2, -0.15) is 0 Å². The zero-order valence-corrected chi connectivity index (χ0v) is 7.15. The summed E-state index contributed by atoms with van der Waals surface area (Å²) < 4.78 is 0. The van der Waals surface area contributed by atoms with E-state index in [2.05, 4.69) is 11.8 Å². The van der Waals surface area contributed by atoms with Crippen LogP contribution in [0, 0.1) is 18.8 Å². The predicted molar refractivity (Wildman–Crippen MR) is 48.8 cm³/mol. The normalized spacial score (nSPS) is 8.55. The molecule has 0 bridgehead atoms. The van der Waals surface area contributed by atoms with E-state index in [1.54, 1.807) is 0 Å². The largest absolute Gasteiger partial charge is 0.113 e. The second kappa shape index (κ2) is 4.05. The van der Waals surface area contributed by atoms with Gasteiger partial charge in [-0.3, -0.25) is 0 Å². The van der Waals surface area contributed by atoms with Crippen molar-refractivity contribution in [1.29, 1.82) is 0 Å². The van der Waals surface area contributed by atoms with Gasteiger partial charge in [0.25, 0.3) is 0 Å². The van der Waals surface area contributed by atoms with Crippen LogP contribution < -0.4 is 0 Å². The van der Waals surface area contributed by atoms with Gasteiger partial charge in [-0.05, 0) is 18.6 Å². The third-order valence-corrected chi connectivity index (χ3v) is 1.57. The van der Waals surface area contributed by atoms with E-state index in [4.69, 9.17) is 11.6 Å². The Bertz CT molecular complexity index is 291. The number of hydrogen-bond donors (Lipinski definition) is 0. The first-order chi connectivity index (χ1) is 5.34. The number of rotatable bonds is 0. The van der Waals surface area contributed by atoms with Gasteiger partial charge in [0.15, 0.2) is 0 Å². The molecule has 0 aliphatic carbocycles. The van der Waals surface area contributed by atoms with Crippen molar-refractivity contribution in [2.24, 2.45) is 0 Å². The van der Waals surface area contributed by atoms with Crippen LogP contribution >= 0.6 is 11.6 Å². The maximum atomic E-state index is 5.43. The van der Waals surface area contributed by atoms with Crippen molar-refractivity contribution in [3.8, 4) is 11.8 Å². The molecule has 0 atom stereocenters. The van der Waals surface area contributed by atoms with Crippen LogP contribution in [0.2, 0.25) is 0 Å². The third-order valence-electron chi connectivity index (χ3n) is 1.43. The number of alkyl halides is 1. The molecule has 0 spiro atoms. The molecule has 0 saturated carbocycles. The van der Waals surface area contributed by atoms with Crippen molar-refractivity contribution in [2.45, 2.75) is 6.92 Å². The quantitative estimate of drug-likeness (QED) is 0.409. The Hall–Kier alpha value is -0.930. The van der Waals surface area contributed by atoms with Gasteiger partial charge in [0.2, 0.25) is 0 Å². The van der Waals surface area contributed by atoms with Crippen molar-refractivity contribution in [3.63, 3.8) is 0 Å².